The zero-order valence-corrected chi connectivity index (χ0v) is 19.4. The molecule has 1 saturated carbocycles. The van der Waals surface area contributed by atoms with E-state index in [4.69, 9.17) is 9.97 Å². The second-order valence-electron chi connectivity index (χ2n) is 7.71. The third-order valence-corrected chi connectivity index (χ3v) is 6.20. The van der Waals surface area contributed by atoms with Crippen LogP contribution in [0.5, 0.6) is 0 Å². The second-order valence-corrected chi connectivity index (χ2v) is 9.52. The summed E-state index contributed by atoms with van der Waals surface area (Å²) in [6.45, 7) is 4.61. The molecule has 0 radical (unpaired) electrons. The van der Waals surface area contributed by atoms with Crippen molar-refractivity contribution in [1.29, 1.82) is 0 Å². The predicted octanol–water partition coefficient (Wildman–Crippen LogP) is 4.77. The first-order valence-corrected chi connectivity index (χ1v) is 12.3. The van der Waals surface area contributed by atoms with Gasteiger partial charge in [0.05, 0.1) is 16.3 Å². The Kier molecular flexibility index (Phi) is 6.72. The number of thiazole rings is 1. The molecule has 3 N–H and O–H groups in total. The number of carbonyl (C=O) groups excluding carboxylic acids is 1. The molecule has 4 rings (SSSR count). The predicted molar refractivity (Wildman–Crippen MR) is 128 cm³/mol. The number of benzene rings is 1. The van der Waals surface area contributed by atoms with Crippen molar-refractivity contribution >= 4 is 34.3 Å². The quantitative estimate of drug-likeness (QED) is 0.335. The molecule has 0 aliphatic heterocycles. The largest absolute Gasteiger partial charge is 0.359 e. The molecule has 0 saturated heterocycles. The van der Waals surface area contributed by atoms with E-state index in [1.165, 1.54) is 11.8 Å². The Hall–Kier alpha value is -2.65. The minimum absolute atomic E-state index is 0.125. The standard InChI is InChI=1S/C22H26N6OS2/c1-13(2)25-21-24-12-19(31-21)18-10-17(27-22(28-18)30-3)16-7-5-4-6-14(16)11-23-20(29)26-15-8-9-15/h4-7,10,12-13,15H,8-9,11H2,1-3H3,(H,24,25)(H2,23,26,29). The molecular formula is C22H26N6OS2. The molecule has 2 aromatic heterocycles. The molecule has 0 atom stereocenters. The normalized spacial score (nSPS) is 13.3. The zero-order valence-electron chi connectivity index (χ0n) is 17.8. The van der Waals surface area contributed by atoms with Gasteiger partial charge in [-0.15, -0.1) is 0 Å². The number of thioether (sulfide) groups is 1. The van der Waals surface area contributed by atoms with Gasteiger partial charge in [-0.05, 0) is 44.6 Å². The number of urea groups is 1. The number of aromatic nitrogens is 3. The van der Waals surface area contributed by atoms with Gasteiger partial charge in [-0.25, -0.2) is 19.7 Å². The van der Waals surface area contributed by atoms with Gasteiger partial charge >= 0.3 is 6.03 Å². The highest BCUT2D eigenvalue weighted by atomic mass is 32.2. The minimum atomic E-state index is -0.125. The van der Waals surface area contributed by atoms with E-state index < -0.39 is 0 Å². The van der Waals surface area contributed by atoms with Crippen molar-refractivity contribution < 1.29 is 4.79 Å². The molecule has 0 spiro atoms. The summed E-state index contributed by atoms with van der Waals surface area (Å²) in [4.78, 5) is 27.0. The monoisotopic (exact) mass is 454 g/mol. The van der Waals surface area contributed by atoms with Gasteiger partial charge < -0.3 is 16.0 Å². The Morgan fingerprint density at radius 3 is 2.74 bits per heavy atom. The Morgan fingerprint density at radius 1 is 1.23 bits per heavy atom. The van der Waals surface area contributed by atoms with Crippen LogP contribution >= 0.6 is 23.1 Å². The first-order valence-electron chi connectivity index (χ1n) is 10.3. The molecule has 1 fully saturated rings. The fraction of sp³-hybridized carbons (Fsp3) is 0.364. The smallest absolute Gasteiger partial charge is 0.315 e. The number of rotatable bonds is 8. The molecule has 162 valence electrons. The summed E-state index contributed by atoms with van der Waals surface area (Å²) in [6.07, 6.45) is 5.95. The Labute approximate surface area is 190 Å². The third-order valence-electron chi connectivity index (χ3n) is 4.70. The Morgan fingerprint density at radius 2 is 2.00 bits per heavy atom. The lowest BCUT2D eigenvalue weighted by molar-refractivity contribution is 0.240. The van der Waals surface area contributed by atoms with Gasteiger partial charge in [0.1, 0.15) is 0 Å². The zero-order chi connectivity index (χ0) is 21.8. The van der Waals surface area contributed by atoms with Gasteiger partial charge in [0, 0.05) is 30.4 Å². The maximum atomic E-state index is 12.1. The second kappa shape index (κ2) is 9.65. The van der Waals surface area contributed by atoms with Crippen LogP contribution in [0.2, 0.25) is 0 Å². The molecule has 9 heteroatoms. The lowest BCUT2D eigenvalue weighted by Crippen LogP contribution is -2.36. The summed E-state index contributed by atoms with van der Waals surface area (Å²) in [7, 11) is 0. The van der Waals surface area contributed by atoms with Crippen molar-refractivity contribution in [3.05, 3.63) is 42.1 Å². The minimum Gasteiger partial charge on any atom is -0.359 e. The Bertz CT molecular complexity index is 1060. The highest BCUT2D eigenvalue weighted by Gasteiger charge is 2.23. The van der Waals surface area contributed by atoms with E-state index in [-0.39, 0.29) is 6.03 Å². The number of hydrogen-bond acceptors (Lipinski definition) is 7. The topological polar surface area (TPSA) is 91.8 Å². The van der Waals surface area contributed by atoms with Crippen molar-refractivity contribution in [3.63, 3.8) is 0 Å². The molecule has 2 amide bonds. The molecule has 0 bridgehead atoms. The Balaban J connectivity index is 1.61. The number of hydrogen-bond donors (Lipinski definition) is 3. The van der Waals surface area contributed by atoms with Crippen LogP contribution in [0.25, 0.3) is 21.8 Å². The SMILES string of the molecule is CSc1nc(-c2cnc(NC(C)C)s2)cc(-c2ccccc2CNC(=O)NC2CC2)n1. The van der Waals surface area contributed by atoms with E-state index in [0.717, 1.165) is 45.4 Å². The molecule has 31 heavy (non-hydrogen) atoms. The van der Waals surface area contributed by atoms with Gasteiger partial charge in [0.15, 0.2) is 10.3 Å². The average Bonchev–Trinajstić information content (AvgIpc) is 3.46. The van der Waals surface area contributed by atoms with Crippen LogP contribution in [-0.4, -0.2) is 39.3 Å². The number of nitrogens with one attached hydrogen (secondary N) is 3. The van der Waals surface area contributed by atoms with Gasteiger partial charge in [-0.2, -0.15) is 0 Å². The van der Waals surface area contributed by atoms with Crippen molar-refractivity contribution in [2.24, 2.45) is 0 Å². The van der Waals surface area contributed by atoms with Crippen molar-refractivity contribution in [2.45, 2.75) is 50.5 Å². The number of anilines is 1. The lowest BCUT2D eigenvalue weighted by atomic mass is 10.0. The van der Waals surface area contributed by atoms with E-state index in [9.17, 15) is 4.79 Å². The number of carbonyl (C=O) groups is 1. The summed E-state index contributed by atoms with van der Waals surface area (Å²) in [5, 5.41) is 10.8. The summed E-state index contributed by atoms with van der Waals surface area (Å²) >= 11 is 3.09. The fourth-order valence-electron chi connectivity index (χ4n) is 3.05. The highest BCUT2D eigenvalue weighted by molar-refractivity contribution is 7.98. The summed E-state index contributed by atoms with van der Waals surface area (Å²) in [5.41, 5.74) is 3.67. The molecule has 1 aliphatic carbocycles. The van der Waals surface area contributed by atoms with E-state index in [2.05, 4.69) is 34.8 Å². The van der Waals surface area contributed by atoms with Crippen molar-refractivity contribution in [1.82, 2.24) is 25.6 Å². The molecule has 0 unspecified atom stereocenters. The molecule has 1 aromatic carbocycles. The van der Waals surface area contributed by atoms with Crippen LogP contribution in [0.15, 0.2) is 41.7 Å². The van der Waals surface area contributed by atoms with Crippen molar-refractivity contribution in [3.8, 4) is 21.8 Å². The van der Waals surface area contributed by atoms with E-state index >= 15 is 0 Å². The van der Waals surface area contributed by atoms with Crippen LogP contribution in [0, 0.1) is 0 Å². The van der Waals surface area contributed by atoms with Gasteiger partial charge in [0.25, 0.3) is 0 Å². The maximum absolute atomic E-state index is 12.1. The fourth-order valence-corrected chi connectivity index (χ4v) is 4.35. The first kappa shape index (κ1) is 21.6. The maximum Gasteiger partial charge on any atom is 0.315 e. The molecule has 2 heterocycles. The van der Waals surface area contributed by atoms with Crippen LogP contribution < -0.4 is 16.0 Å². The van der Waals surface area contributed by atoms with Crippen LogP contribution in [-0.2, 0) is 6.54 Å². The van der Waals surface area contributed by atoms with Crippen LogP contribution in [0.3, 0.4) is 0 Å². The third kappa shape index (κ3) is 5.74. The van der Waals surface area contributed by atoms with E-state index in [1.807, 2.05) is 42.8 Å². The molecule has 3 aromatic rings. The van der Waals surface area contributed by atoms with Crippen molar-refractivity contribution in [2.75, 3.05) is 11.6 Å². The van der Waals surface area contributed by atoms with Crippen LogP contribution in [0.1, 0.15) is 32.3 Å². The van der Waals surface area contributed by atoms with Gasteiger partial charge in [-0.1, -0.05) is 47.4 Å². The van der Waals surface area contributed by atoms with Gasteiger partial charge in [0.2, 0.25) is 0 Å². The van der Waals surface area contributed by atoms with Gasteiger partial charge in [-0.3, -0.25) is 0 Å². The average molecular weight is 455 g/mol. The molecule has 1 aliphatic rings. The van der Waals surface area contributed by atoms with Crippen LogP contribution in [0.4, 0.5) is 9.93 Å². The van der Waals surface area contributed by atoms with E-state index in [1.54, 1.807) is 11.3 Å². The molecular weight excluding hydrogens is 428 g/mol. The number of amides is 2. The summed E-state index contributed by atoms with van der Waals surface area (Å²) in [6, 6.07) is 10.5. The summed E-state index contributed by atoms with van der Waals surface area (Å²) < 4.78 is 0. The number of nitrogens with zero attached hydrogens (tertiary/aromatic N) is 3. The summed E-state index contributed by atoms with van der Waals surface area (Å²) in [5.74, 6) is 0. The first-order chi connectivity index (χ1) is 15.0. The lowest BCUT2D eigenvalue weighted by Gasteiger charge is -2.12. The highest BCUT2D eigenvalue weighted by Crippen LogP contribution is 2.32. The van der Waals surface area contributed by atoms with E-state index in [0.29, 0.717) is 23.8 Å². The molecule has 7 nitrogen and oxygen atoms in total.